The summed E-state index contributed by atoms with van der Waals surface area (Å²) < 4.78 is 0. The van der Waals surface area contributed by atoms with Crippen LogP contribution < -0.4 is 0 Å². The van der Waals surface area contributed by atoms with Crippen molar-refractivity contribution in [1.82, 2.24) is 4.90 Å². The minimum atomic E-state index is -0.100. The Morgan fingerprint density at radius 2 is 2.00 bits per heavy atom. The Morgan fingerprint density at radius 3 is 2.56 bits per heavy atom. The van der Waals surface area contributed by atoms with E-state index in [2.05, 4.69) is 32.7 Å². The predicted octanol–water partition coefficient (Wildman–Crippen LogP) is 2.90. The van der Waals surface area contributed by atoms with Crippen LogP contribution in [0.1, 0.15) is 52.9 Å². The largest absolute Gasteiger partial charge is 0.391 e. The van der Waals surface area contributed by atoms with Crippen LogP contribution in [-0.4, -0.2) is 35.7 Å². The maximum atomic E-state index is 10.1. The molecule has 0 spiro atoms. The van der Waals surface area contributed by atoms with Crippen LogP contribution >= 0.6 is 0 Å². The number of aliphatic hydroxyl groups excluding tert-OH is 1. The minimum absolute atomic E-state index is 0.100. The summed E-state index contributed by atoms with van der Waals surface area (Å²) in [6.45, 7) is 7.97. The van der Waals surface area contributed by atoms with E-state index in [1.54, 1.807) is 0 Å². The second-order valence-electron chi connectivity index (χ2n) is 5.79. The highest BCUT2D eigenvalue weighted by Crippen LogP contribution is 2.32. The smallest absolute Gasteiger partial charge is 0.0695 e. The Labute approximate surface area is 101 Å². The lowest BCUT2D eigenvalue weighted by molar-refractivity contribution is 0.00583. The molecule has 1 aliphatic rings. The fraction of sp³-hybridized carbons (Fsp3) is 1.00. The van der Waals surface area contributed by atoms with Crippen LogP contribution in [0.15, 0.2) is 0 Å². The number of aliphatic hydroxyl groups is 1. The van der Waals surface area contributed by atoms with Gasteiger partial charge in [0.1, 0.15) is 0 Å². The van der Waals surface area contributed by atoms with Gasteiger partial charge >= 0.3 is 0 Å². The van der Waals surface area contributed by atoms with Gasteiger partial charge in [-0.05, 0) is 51.1 Å². The zero-order valence-electron chi connectivity index (χ0n) is 11.4. The summed E-state index contributed by atoms with van der Waals surface area (Å²) in [5.74, 6) is 1.56. The van der Waals surface area contributed by atoms with Gasteiger partial charge in [0.15, 0.2) is 0 Å². The summed E-state index contributed by atoms with van der Waals surface area (Å²) in [6, 6.07) is 0.396. The molecule has 0 aromatic rings. The first-order valence-electron chi connectivity index (χ1n) is 6.94. The number of hydrogen-bond donors (Lipinski definition) is 1. The van der Waals surface area contributed by atoms with Crippen molar-refractivity contribution in [3.63, 3.8) is 0 Å². The molecule has 0 aliphatic heterocycles. The van der Waals surface area contributed by atoms with Crippen LogP contribution in [0.2, 0.25) is 0 Å². The minimum Gasteiger partial charge on any atom is -0.391 e. The molecule has 0 aromatic carbocycles. The highest BCUT2D eigenvalue weighted by Gasteiger charge is 2.32. The quantitative estimate of drug-likeness (QED) is 0.780. The van der Waals surface area contributed by atoms with E-state index in [1.165, 1.54) is 25.7 Å². The van der Waals surface area contributed by atoms with Crippen molar-refractivity contribution in [2.24, 2.45) is 11.8 Å². The third-order valence-corrected chi connectivity index (χ3v) is 4.19. The number of likely N-dealkylation sites (N-methyl/N-ethyl adjacent to an activating group) is 1. The molecular formula is C14H29NO. The molecule has 3 unspecified atom stereocenters. The summed E-state index contributed by atoms with van der Waals surface area (Å²) >= 11 is 0. The number of unbranched alkanes of at least 4 members (excludes halogenated alkanes) is 1. The Morgan fingerprint density at radius 1 is 1.31 bits per heavy atom. The molecule has 0 heterocycles. The van der Waals surface area contributed by atoms with E-state index in [4.69, 9.17) is 0 Å². The van der Waals surface area contributed by atoms with E-state index < -0.39 is 0 Å². The van der Waals surface area contributed by atoms with Crippen molar-refractivity contribution in [1.29, 1.82) is 0 Å². The SMILES string of the molecule is CCCCN(C)C1CC(C(C)C)CCC1O. The second-order valence-corrected chi connectivity index (χ2v) is 5.79. The zero-order chi connectivity index (χ0) is 12.1. The van der Waals surface area contributed by atoms with Crippen molar-refractivity contribution in [3.05, 3.63) is 0 Å². The highest BCUT2D eigenvalue weighted by molar-refractivity contribution is 4.86. The summed E-state index contributed by atoms with van der Waals surface area (Å²) in [5.41, 5.74) is 0. The molecule has 1 saturated carbocycles. The molecule has 0 amide bonds. The number of hydrogen-bond acceptors (Lipinski definition) is 2. The molecule has 1 N–H and O–H groups in total. The van der Waals surface area contributed by atoms with Crippen molar-refractivity contribution in [3.8, 4) is 0 Å². The molecule has 16 heavy (non-hydrogen) atoms. The van der Waals surface area contributed by atoms with Crippen LogP contribution in [0.3, 0.4) is 0 Å². The maximum Gasteiger partial charge on any atom is 0.0695 e. The third kappa shape index (κ3) is 3.74. The first kappa shape index (κ1) is 14.0. The number of rotatable bonds is 5. The van der Waals surface area contributed by atoms with Crippen molar-refractivity contribution in [2.75, 3.05) is 13.6 Å². The van der Waals surface area contributed by atoms with E-state index in [-0.39, 0.29) is 6.10 Å². The summed E-state index contributed by atoms with van der Waals surface area (Å²) in [4.78, 5) is 2.38. The van der Waals surface area contributed by atoms with Crippen molar-refractivity contribution in [2.45, 2.75) is 65.0 Å². The number of nitrogens with zero attached hydrogens (tertiary/aromatic N) is 1. The fourth-order valence-corrected chi connectivity index (χ4v) is 2.81. The van der Waals surface area contributed by atoms with E-state index in [0.29, 0.717) is 6.04 Å². The van der Waals surface area contributed by atoms with Gasteiger partial charge in [-0.2, -0.15) is 0 Å². The molecule has 2 nitrogen and oxygen atoms in total. The monoisotopic (exact) mass is 227 g/mol. The predicted molar refractivity (Wildman–Crippen MR) is 69.5 cm³/mol. The molecule has 3 atom stereocenters. The van der Waals surface area contributed by atoms with Gasteiger partial charge in [0.05, 0.1) is 6.10 Å². The van der Waals surface area contributed by atoms with Gasteiger partial charge in [-0.25, -0.2) is 0 Å². The van der Waals surface area contributed by atoms with Gasteiger partial charge < -0.3 is 10.0 Å². The third-order valence-electron chi connectivity index (χ3n) is 4.19. The molecule has 2 heteroatoms. The summed E-state index contributed by atoms with van der Waals surface area (Å²) in [6.07, 6.45) is 5.75. The average Bonchev–Trinajstić information content (AvgIpc) is 2.26. The van der Waals surface area contributed by atoms with Gasteiger partial charge in [-0.15, -0.1) is 0 Å². The highest BCUT2D eigenvalue weighted by atomic mass is 16.3. The molecule has 96 valence electrons. The summed E-state index contributed by atoms with van der Waals surface area (Å²) in [7, 11) is 2.17. The molecule has 0 saturated heterocycles. The van der Waals surface area contributed by atoms with Gasteiger partial charge in [0, 0.05) is 6.04 Å². The van der Waals surface area contributed by atoms with Gasteiger partial charge in [0.2, 0.25) is 0 Å². The van der Waals surface area contributed by atoms with Gasteiger partial charge in [0.25, 0.3) is 0 Å². The van der Waals surface area contributed by atoms with Crippen LogP contribution in [0.4, 0.5) is 0 Å². The second kappa shape index (κ2) is 6.61. The zero-order valence-corrected chi connectivity index (χ0v) is 11.4. The maximum absolute atomic E-state index is 10.1. The molecule has 0 bridgehead atoms. The van der Waals surface area contributed by atoms with Crippen LogP contribution in [-0.2, 0) is 0 Å². The van der Waals surface area contributed by atoms with E-state index >= 15 is 0 Å². The standard InChI is InChI=1S/C14H29NO/c1-5-6-9-15(4)13-10-12(11(2)3)7-8-14(13)16/h11-14,16H,5-10H2,1-4H3. The first-order chi connectivity index (χ1) is 7.56. The van der Waals surface area contributed by atoms with Crippen molar-refractivity contribution >= 4 is 0 Å². The molecule has 1 aliphatic carbocycles. The summed E-state index contributed by atoms with van der Waals surface area (Å²) in [5, 5.41) is 10.1. The molecule has 1 fully saturated rings. The average molecular weight is 227 g/mol. The van der Waals surface area contributed by atoms with E-state index in [0.717, 1.165) is 24.8 Å². The lowest BCUT2D eigenvalue weighted by atomic mass is 9.77. The van der Waals surface area contributed by atoms with Crippen LogP contribution in [0.5, 0.6) is 0 Å². The molecule has 0 aromatic heterocycles. The van der Waals surface area contributed by atoms with Crippen LogP contribution in [0, 0.1) is 11.8 Å². The Balaban J connectivity index is 2.48. The Hall–Kier alpha value is -0.0800. The fourth-order valence-electron chi connectivity index (χ4n) is 2.81. The molecule has 1 rings (SSSR count). The van der Waals surface area contributed by atoms with Crippen LogP contribution in [0.25, 0.3) is 0 Å². The lowest BCUT2D eigenvalue weighted by Crippen LogP contribution is -2.46. The normalized spacial score (nSPS) is 31.3. The van der Waals surface area contributed by atoms with E-state index in [1.807, 2.05) is 0 Å². The molecule has 0 radical (unpaired) electrons. The van der Waals surface area contributed by atoms with Crippen molar-refractivity contribution < 1.29 is 5.11 Å². The van der Waals surface area contributed by atoms with E-state index in [9.17, 15) is 5.11 Å². The lowest BCUT2D eigenvalue weighted by Gasteiger charge is -2.40. The van der Waals surface area contributed by atoms with Gasteiger partial charge in [-0.3, -0.25) is 0 Å². The Bertz CT molecular complexity index is 193. The Kier molecular flexibility index (Phi) is 5.77. The molecular weight excluding hydrogens is 198 g/mol. The van der Waals surface area contributed by atoms with Gasteiger partial charge in [-0.1, -0.05) is 27.2 Å². The first-order valence-corrected chi connectivity index (χ1v) is 6.94. The topological polar surface area (TPSA) is 23.5 Å².